The Bertz CT molecular complexity index is 561. The van der Waals surface area contributed by atoms with Crippen molar-refractivity contribution in [2.45, 2.75) is 33.6 Å². The van der Waals surface area contributed by atoms with Crippen molar-refractivity contribution >= 4 is 15.9 Å². The monoisotopic (exact) mass is 320 g/mol. The van der Waals surface area contributed by atoms with E-state index in [-0.39, 0.29) is 0 Å². The summed E-state index contributed by atoms with van der Waals surface area (Å²) < 4.78 is 6.93. The van der Waals surface area contributed by atoms with Gasteiger partial charge in [-0.05, 0) is 43.5 Å². The van der Waals surface area contributed by atoms with Gasteiger partial charge >= 0.3 is 0 Å². The molecule has 0 amide bonds. The number of halogens is 1. The third kappa shape index (κ3) is 3.53. The second-order valence-electron chi connectivity index (χ2n) is 4.57. The minimum atomic E-state index is 0.597. The smallest absolute Gasteiger partial charge is 0.222 e. The molecule has 0 atom stereocenters. The molecule has 0 fully saturated rings. The summed E-state index contributed by atoms with van der Waals surface area (Å²) >= 11 is 3.55. The number of hydrogen-bond acceptors (Lipinski definition) is 3. The van der Waals surface area contributed by atoms with Crippen LogP contribution < -0.4 is 4.74 Å². The number of aromatic nitrogens is 2. The molecule has 1 aromatic heterocycles. The molecular weight excluding hydrogens is 304 g/mol. The topological polar surface area (TPSA) is 35.0 Å². The van der Waals surface area contributed by atoms with Gasteiger partial charge in [0.05, 0.1) is 0 Å². The maximum atomic E-state index is 5.81. The highest BCUT2D eigenvalue weighted by Crippen LogP contribution is 2.28. The van der Waals surface area contributed by atoms with Crippen molar-refractivity contribution in [3.63, 3.8) is 0 Å². The van der Waals surface area contributed by atoms with E-state index in [0.717, 1.165) is 39.9 Å². The zero-order valence-corrected chi connectivity index (χ0v) is 13.0. The molecule has 1 aromatic carbocycles. The molecule has 100 valence electrons. The lowest BCUT2D eigenvalue weighted by atomic mass is 10.1. The number of benzene rings is 1. The lowest BCUT2D eigenvalue weighted by Gasteiger charge is -2.09. The molecule has 0 unspecified atom stereocenters. The molecule has 0 bridgehead atoms. The van der Waals surface area contributed by atoms with Gasteiger partial charge in [-0.1, -0.05) is 29.3 Å². The van der Waals surface area contributed by atoms with Crippen molar-refractivity contribution in [2.75, 3.05) is 0 Å². The van der Waals surface area contributed by atoms with Crippen LogP contribution in [-0.4, -0.2) is 9.97 Å². The fourth-order valence-electron chi connectivity index (χ4n) is 1.91. The van der Waals surface area contributed by atoms with E-state index in [1.807, 2.05) is 32.0 Å². The van der Waals surface area contributed by atoms with Crippen LogP contribution in [0.5, 0.6) is 11.6 Å². The molecule has 1 heterocycles. The molecule has 0 aliphatic carbocycles. The Kier molecular flexibility index (Phi) is 4.53. The van der Waals surface area contributed by atoms with Gasteiger partial charge < -0.3 is 4.74 Å². The number of ether oxygens (including phenoxy) is 1. The zero-order chi connectivity index (χ0) is 13.8. The Morgan fingerprint density at radius 2 is 1.79 bits per heavy atom. The minimum Gasteiger partial charge on any atom is -0.439 e. The molecule has 2 rings (SSSR count). The van der Waals surface area contributed by atoms with E-state index >= 15 is 0 Å². The molecule has 0 aliphatic rings. The lowest BCUT2D eigenvalue weighted by Crippen LogP contribution is -1.95. The predicted octanol–water partition coefficient (Wildman–Crippen LogP) is 4.60. The second kappa shape index (κ2) is 6.15. The van der Waals surface area contributed by atoms with Crippen LogP contribution in [0, 0.1) is 13.8 Å². The van der Waals surface area contributed by atoms with E-state index in [4.69, 9.17) is 4.74 Å². The molecule has 4 heteroatoms. The average molecular weight is 321 g/mol. The molecular formula is C15H17BrN2O. The first-order chi connectivity index (χ1) is 9.10. The van der Waals surface area contributed by atoms with Gasteiger partial charge in [-0.3, -0.25) is 0 Å². The molecule has 0 spiro atoms. The number of hydrogen-bond donors (Lipinski definition) is 0. The van der Waals surface area contributed by atoms with Crippen molar-refractivity contribution in [3.8, 4) is 11.6 Å². The van der Waals surface area contributed by atoms with E-state index < -0.39 is 0 Å². The summed E-state index contributed by atoms with van der Waals surface area (Å²) in [5, 5.41) is 0. The van der Waals surface area contributed by atoms with E-state index in [1.54, 1.807) is 6.33 Å². The Balaban J connectivity index is 2.23. The Morgan fingerprint density at radius 1 is 1.11 bits per heavy atom. The highest BCUT2D eigenvalue weighted by Gasteiger charge is 2.06. The first-order valence-electron chi connectivity index (χ1n) is 6.35. The van der Waals surface area contributed by atoms with Crippen LogP contribution in [0.4, 0.5) is 0 Å². The van der Waals surface area contributed by atoms with Crippen molar-refractivity contribution in [1.82, 2.24) is 9.97 Å². The summed E-state index contributed by atoms with van der Waals surface area (Å²) in [5.41, 5.74) is 3.31. The van der Waals surface area contributed by atoms with Gasteiger partial charge in [0.2, 0.25) is 5.88 Å². The standard InChI is InChI=1S/C15H17BrN2O/c1-4-5-12-8-14(18-9-17-12)19-13-6-10(2)15(16)11(3)7-13/h6-9H,4-5H2,1-3H3. The molecule has 0 saturated carbocycles. The largest absolute Gasteiger partial charge is 0.439 e. The van der Waals surface area contributed by atoms with Crippen LogP contribution >= 0.6 is 15.9 Å². The first-order valence-corrected chi connectivity index (χ1v) is 7.15. The van der Waals surface area contributed by atoms with Crippen molar-refractivity contribution in [2.24, 2.45) is 0 Å². The minimum absolute atomic E-state index is 0.597. The van der Waals surface area contributed by atoms with Crippen LogP contribution in [0.15, 0.2) is 29.0 Å². The Labute approximate surface area is 122 Å². The molecule has 0 saturated heterocycles. The molecule has 0 radical (unpaired) electrons. The molecule has 3 nitrogen and oxygen atoms in total. The molecule has 2 aromatic rings. The summed E-state index contributed by atoms with van der Waals surface area (Å²) in [5.74, 6) is 1.40. The van der Waals surface area contributed by atoms with E-state index in [2.05, 4.69) is 32.8 Å². The summed E-state index contributed by atoms with van der Waals surface area (Å²) in [6.45, 7) is 6.23. The van der Waals surface area contributed by atoms with Crippen LogP contribution in [0.2, 0.25) is 0 Å². The fourth-order valence-corrected chi connectivity index (χ4v) is 2.14. The second-order valence-corrected chi connectivity index (χ2v) is 5.36. The third-order valence-corrected chi connectivity index (χ3v) is 4.09. The number of rotatable bonds is 4. The quantitative estimate of drug-likeness (QED) is 0.825. The molecule has 0 N–H and O–H groups in total. The van der Waals surface area contributed by atoms with Gasteiger partial charge in [0, 0.05) is 16.2 Å². The van der Waals surface area contributed by atoms with Crippen LogP contribution in [0.3, 0.4) is 0 Å². The summed E-state index contributed by atoms with van der Waals surface area (Å²) in [7, 11) is 0. The predicted molar refractivity (Wildman–Crippen MR) is 79.7 cm³/mol. The summed E-state index contributed by atoms with van der Waals surface area (Å²) in [6, 6.07) is 5.90. The average Bonchev–Trinajstić information content (AvgIpc) is 2.37. The first kappa shape index (κ1) is 14.0. The maximum absolute atomic E-state index is 5.81. The van der Waals surface area contributed by atoms with Gasteiger partial charge in [-0.25, -0.2) is 9.97 Å². The van der Waals surface area contributed by atoms with Crippen LogP contribution in [0.1, 0.15) is 30.2 Å². The van der Waals surface area contributed by atoms with Crippen LogP contribution in [0.25, 0.3) is 0 Å². The van der Waals surface area contributed by atoms with Crippen molar-refractivity contribution in [1.29, 1.82) is 0 Å². The van der Waals surface area contributed by atoms with E-state index in [9.17, 15) is 0 Å². The maximum Gasteiger partial charge on any atom is 0.222 e. The van der Waals surface area contributed by atoms with Gasteiger partial charge in [0.15, 0.2) is 0 Å². The van der Waals surface area contributed by atoms with Gasteiger partial charge in [0.25, 0.3) is 0 Å². The highest BCUT2D eigenvalue weighted by molar-refractivity contribution is 9.10. The van der Waals surface area contributed by atoms with Crippen molar-refractivity contribution < 1.29 is 4.74 Å². The fraction of sp³-hybridized carbons (Fsp3) is 0.333. The van der Waals surface area contributed by atoms with Gasteiger partial charge in [-0.2, -0.15) is 0 Å². The molecule has 0 aliphatic heterocycles. The van der Waals surface area contributed by atoms with Gasteiger partial charge in [-0.15, -0.1) is 0 Å². The van der Waals surface area contributed by atoms with Crippen LogP contribution in [-0.2, 0) is 6.42 Å². The Morgan fingerprint density at radius 3 is 2.42 bits per heavy atom. The Hall–Kier alpha value is -1.42. The van der Waals surface area contributed by atoms with E-state index in [0.29, 0.717) is 5.88 Å². The van der Waals surface area contributed by atoms with E-state index in [1.165, 1.54) is 0 Å². The summed E-state index contributed by atoms with van der Waals surface area (Å²) in [6.07, 6.45) is 3.56. The summed E-state index contributed by atoms with van der Waals surface area (Å²) in [4.78, 5) is 8.38. The van der Waals surface area contributed by atoms with Crippen molar-refractivity contribution in [3.05, 3.63) is 45.8 Å². The normalized spacial score (nSPS) is 10.5. The highest BCUT2D eigenvalue weighted by atomic mass is 79.9. The SMILES string of the molecule is CCCc1cc(Oc2cc(C)c(Br)c(C)c2)ncn1. The van der Waals surface area contributed by atoms with Gasteiger partial charge in [0.1, 0.15) is 12.1 Å². The molecule has 19 heavy (non-hydrogen) atoms. The third-order valence-electron chi connectivity index (χ3n) is 2.84. The lowest BCUT2D eigenvalue weighted by molar-refractivity contribution is 0.459. The number of nitrogens with zero attached hydrogens (tertiary/aromatic N) is 2. The number of aryl methyl sites for hydroxylation is 3. The zero-order valence-electron chi connectivity index (χ0n) is 11.4.